The number of anilines is 1. The third kappa shape index (κ3) is 3.31. The van der Waals surface area contributed by atoms with Crippen LogP contribution in [0.25, 0.3) is 10.9 Å². The number of nitrogens with one attached hydrogen (secondary N) is 1. The largest absolute Gasteiger partial charge is 0.325 e. The molecule has 0 aliphatic carbocycles. The fraction of sp³-hybridized carbons (Fsp3) is 0.167. The summed E-state index contributed by atoms with van der Waals surface area (Å²) in [7, 11) is 0. The van der Waals surface area contributed by atoms with Crippen molar-refractivity contribution in [2.45, 2.75) is 19.9 Å². The van der Waals surface area contributed by atoms with Crippen LogP contribution in [0, 0.1) is 6.92 Å². The van der Waals surface area contributed by atoms with Gasteiger partial charge in [-0.2, -0.15) is 0 Å². The van der Waals surface area contributed by atoms with E-state index in [0.717, 1.165) is 5.56 Å². The van der Waals surface area contributed by atoms with Crippen molar-refractivity contribution in [2.75, 3.05) is 5.32 Å². The van der Waals surface area contributed by atoms with Gasteiger partial charge in [0.05, 0.1) is 27.9 Å². The van der Waals surface area contributed by atoms with Crippen molar-refractivity contribution in [3.63, 3.8) is 0 Å². The molecule has 0 aliphatic heterocycles. The fourth-order valence-corrected chi connectivity index (χ4v) is 2.68. The van der Waals surface area contributed by atoms with E-state index in [9.17, 15) is 9.59 Å². The summed E-state index contributed by atoms with van der Waals surface area (Å²) in [5, 5.41) is 3.78. The lowest BCUT2D eigenvalue weighted by molar-refractivity contribution is -0.116. The maximum absolute atomic E-state index is 12.5. The van der Waals surface area contributed by atoms with Gasteiger partial charge >= 0.3 is 0 Å². The summed E-state index contributed by atoms with van der Waals surface area (Å²) in [6.07, 6.45) is 1.64. The van der Waals surface area contributed by atoms with E-state index in [1.54, 1.807) is 30.3 Å². The molecule has 0 spiro atoms. The van der Waals surface area contributed by atoms with E-state index in [-0.39, 0.29) is 24.4 Å². The molecule has 0 bridgehead atoms. The highest BCUT2D eigenvalue weighted by molar-refractivity contribution is 6.33. The normalized spacial score (nSPS) is 10.8. The van der Waals surface area contributed by atoms with Crippen molar-refractivity contribution in [3.05, 3.63) is 69.7 Å². The second kappa shape index (κ2) is 6.84. The summed E-state index contributed by atoms with van der Waals surface area (Å²) in [6.45, 7) is 2.17. The molecule has 5 nitrogen and oxygen atoms in total. The Kier molecular flexibility index (Phi) is 4.62. The lowest BCUT2D eigenvalue weighted by atomic mass is 10.1. The number of nitrogens with zero attached hydrogens (tertiary/aromatic N) is 2. The van der Waals surface area contributed by atoms with Gasteiger partial charge in [-0.25, -0.2) is 4.98 Å². The molecule has 0 saturated heterocycles. The number of rotatable bonds is 4. The van der Waals surface area contributed by atoms with Crippen LogP contribution in [0.3, 0.4) is 0 Å². The standard InChI is InChI=1S/C18H16ClN3O2/c1-12-5-4-6-13-17(12)20-11-22(18(13)24)10-9-16(23)21-15-8-3-2-7-14(15)19/h2-8,11H,9-10H2,1H3,(H,21,23). The minimum atomic E-state index is -0.209. The molecule has 1 N–H and O–H groups in total. The van der Waals surface area contributed by atoms with Gasteiger partial charge in [0.15, 0.2) is 0 Å². The van der Waals surface area contributed by atoms with Gasteiger partial charge in [-0.05, 0) is 30.7 Å². The molecule has 3 aromatic rings. The molecular formula is C18H16ClN3O2. The lowest BCUT2D eigenvalue weighted by Gasteiger charge is -2.09. The van der Waals surface area contributed by atoms with Crippen LogP contribution in [0.2, 0.25) is 5.02 Å². The summed E-state index contributed by atoms with van der Waals surface area (Å²) in [5.41, 5.74) is 2.06. The van der Waals surface area contributed by atoms with Gasteiger partial charge in [-0.3, -0.25) is 14.2 Å². The van der Waals surface area contributed by atoms with Crippen LogP contribution in [-0.2, 0) is 11.3 Å². The maximum atomic E-state index is 12.5. The van der Waals surface area contributed by atoms with Crippen LogP contribution in [0.15, 0.2) is 53.6 Å². The summed E-state index contributed by atoms with van der Waals surface area (Å²) in [6, 6.07) is 12.5. The zero-order chi connectivity index (χ0) is 17.1. The van der Waals surface area contributed by atoms with E-state index in [0.29, 0.717) is 21.6 Å². The molecule has 3 rings (SSSR count). The van der Waals surface area contributed by atoms with E-state index in [4.69, 9.17) is 11.6 Å². The summed E-state index contributed by atoms with van der Waals surface area (Å²) >= 11 is 6.01. The van der Waals surface area contributed by atoms with Crippen molar-refractivity contribution in [3.8, 4) is 0 Å². The van der Waals surface area contributed by atoms with Crippen LogP contribution in [-0.4, -0.2) is 15.5 Å². The Morgan fingerprint density at radius 2 is 2.00 bits per heavy atom. The second-order valence-electron chi connectivity index (χ2n) is 5.49. The Labute approximate surface area is 143 Å². The molecule has 0 atom stereocenters. The van der Waals surface area contributed by atoms with E-state index in [2.05, 4.69) is 10.3 Å². The molecule has 1 heterocycles. The smallest absolute Gasteiger partial charge is 0.261 e. The van der Waals surface area contributed by atoms with Gasteiger partial charge in [0.25, 0.3) is 5.56 Å². The molecule has 0 saturated carbocycles. The van der Waals surface area contributed by atoms with E-state index < -0.39 is 0 Å². The highest BCUT2D eigenvalue weighted by atomic mass is 35.5. The number of carbonyl (C=O) groups is 1. The number of para-hydroxylation sites is 2. The topological polar surface area (TPSA) is 64.0 Å². The zero-order valence-electron chi connectivity index (χ0n) is 13.1. The Morgan fingerprint density at radius 1 is 1.21 bits per heavy atom. The number of fused-ring (bicyclic) bond motifs is 1. The average Bonchev–Trinajstić information content (AvgIpc) is 2.57. The van der Waals surface area contributed by atoms with Crippen LogP contribution in [0.4, 0.5) is 5.69 Å². The number of aromatic nitrogens is 2. The second-order valence-corrected chi connectivity index (χ2v) is 5.90. The first-order chi connectivity index (χ1) is 11.6. The van der Waals surface area contributed by atoms with E-state index in [1.807, 2.05) is 19.1 Å². The molecule has 2 aromatic carbocycles. The molecule has 122 valence electrons. The first kappa shape index (κ1) is 16.2. The monoisotopic (exact) mass is 341 g/mol. The summed E-state index contributed by atoms with van der Waals surface area (Å²) in [5.74, 6) is -0.209. The zero-order valence-corrected chi connectivity index (χ0v) is 13.9. The number of aryl methyl sites for hydroxylation is 2. The highest BCUT2D eigenvalue weighted by Gasteiger charge is 2.09. The predicted molar refractivity (Wildman–Crippen MR) is 95.4 cm³/mol. The number of hydrogen-bond acceptors (Lipinski definition) is 3. The van der Waals surface area contributed by atoms with Crippen LogP contribution >= 0.6 is 11.6 Å². The first-order valence-corrected chi connectivity index (χ1v) is 7.93. The average molecular weight is 342 g/mol. The quantitative estimate of drug-likeness (QED) is 0.791. The van der Waals surface area contributed by atoms with Crippen molar-refractivity contribution >= 4 is 34.1 Å². The maximum Gasteiger partial charge on any atom is 0.261 e. The molecule has 0 fully saturated rings. The Bertz CT molecular complexity index is 966. The van der Waals surface area contributed by atoms with Gasteiger partial charge < -0.3 is 5.32 Å². The Balaban J connectivity index is 1.74. The van der Waals surface area contributed by atoms with Crippen LogP contribution in [0.1, 0.15) is 12.0 Å². The van der Waals surface area contributed by atoms with Gasteiger partial charge in [-0.15, -0.1) is 0 Å². The van der Waals surface area contributed by atoms with Gasteiger partial charge in [-0.1, -0.05) is 35.9 Å². The van der Waals surface area contributed by atoms with E-state index in [1.165, 1.54) is 10.9 Å². The molecule has 1 aromatic heterocycles. The molecule has 0 aliphatic rings. The molecule has 24 heavy (non-hydrogen) atoms. The third-order valence-electron chi connectivity index (χ3n) is 3.78. The SMILES string of the molecule is Cc1cccc2c(=O)n(CCC(=O)Nc3ccccc3Cl)cnc12. The Hall–Kier alpha value is -2.66. The molecule has 0 radical (unpaired) electrons. The van der Waals surface area contributed by atoms with Crippen molar-refractivity contribution in [2.24, 2.45) is 0 Å². The van der Waals surface area contributed by atoms with E-state index >= 15 is 0 Å². The molecule has 6 heteroatoms. The van der Waals surface area contributed by atoms with Crippen molar-refractivity contribution < 1.29 is 4.79 Å². The summed E-state index contributed by atoms with van der Waals surface area (Å²) < 4.78 is 1.45. The lowest BCUT2D eigenvalue weighted by Crippen LogP contribution is -2.23. The van der Waals surface area contributed by atoms with Gasteiger partial charge in [0, 0.05) is 13.0 Å². The van der Waals surface area contributed by atoms with Gasteiger partial charge in [0.1, 0.15) is 0 Å². The van der Waals surface area contributed by atoms with Crippen molar-refractivity contribution in [1.29, 1.82) is 0 Å². The molecule has 1 amide bonds. The molecule has 0 unspecified atom stereocenters. The number of benzene rings is 2. The van der Waals surface area contributed by atoms with Crippen LogP contribution < -0.4 is 10.9 Å². The van der Waals surface area contributed by atoms with Crippen molar-refractivity contribution in [1.82, 2.24) is 9.55 Å². The molecular weight excluding hydrogens is 326 g/mol. The third-order valence-corrected chi connectivity index (χ3v) is 4.11. The highest BCUT2D eigenvalue weighted by Crippen LogP contribution is 2.20. The minimum absolute atomic E-state index is 0.144. The number of hydrogen-bond donors (Lipinski definition) is 1. The first-order valence-electron chi connectivity index (χ1n) is 7.55. The predicted octanol–water partition coefficient (Wildman–Crippen LogP) is 3.39. The number of halogens is 1. The summed E-state index contributed by atoms with van der Waals surface area (Å²) in [4.78, 5) is 28.9. The number of amides is 1. The fourth-order valence-electron chi connectivity index (χ4n) is 2.49. The van der Waals surface area contributed by atoms with Crippen LogP contribution in [0.5, 0.6) is 0 Å². The Morgan fingerprint density at radius 3 is 2.79 bits per heavy atom. The number of carbonyl (C=O) groups excluding carboxylic acids is 1. The minimum Gasteiger partial charge on any atom is -0.325 e. The van der Waals surface area contributed by atoms with Gasteiger partial charge in [0.2, 0.25) is 5.91 Å².